The number of nitro benzene ring substituents is 2. The lowest BCUT2D eigenvalue weighted by Crippen LogP contribution is -2.23. The van der Waals surface area contributed by atoms with Crippen LogP contribution in [0.1, 0.15) is 59.6 Å². The van der Waals surface area contributed by atoms with Crippen molar-refractivity contribution in [2.75, 3.05) is 5.32 Å². The number of hydrogen-bond donors (Lipinski definition) is 1. The van der Waals surface area contributed by atoms with E-state index in [1.165, 1.54) is 13.0 Å². The Morgan fingerprint density at radius 2 is 1.50 bits per heavy atom. The lowest BCUT2D eigenvalue weighted by molar-refractivity contribution is -0.395. The van der Waals surface area contributed by atoms with Gasteiger partial charge in [-0.1, -0.05) is 41.5 Å². The Labute approximate surface area is 140 Å². The van der Waals surface area contributed by atoms with Gasteiger partial charge >= 0.3 is 5.69 Å². The molecule has 0 radical (unpaired) electrons. The fourth-order valence-electron chi connectivity index (χ4n) is 2.61. The first-order chi connectivity index (χ1) is 10.7. The molecule has 132 valence electrons. The van der Waals surface area contributed by atoms with Crippen LogP contribution in [0.5, 0.6) is 0 Å². The predicted molar refractivity (Wildman–Crippen MR) is 91.5 cm³/mol. The average Bonchev–Trinajstić information content (AvgIpc) is 2.33. The van der Waals surface area contributed by atoms with Crippen molar-refractivity contribution in [1.29, 1.82) is 0 Å². The molecule has 0 bridgehead atoms. The molecule has 0 saturated heterocycles. The van der Waals surface area contributed by atoms with Crippen LogP contribution in [0.25, 0.3) is 0 Å². The van der Waals surface area contributed by atoms with Crippen molar-refractivity contribution in [2.45, 2.75) is 59.3 Å². The maximum absolute atomic E-state index is 11.8. The van der Waals surface area contributed by atoms with Crippen LogP contribution in [0.2, 0.25) is 0 Å². The summed E-state index contributed by atoms with van der Waals surface area (Å²) in [6.07, 6.45) is 0. The molecule has 1 aromatic carbocycles. The Morgan fingerprint density at radius 1 is 1.00 bits per heavy atom. The Hall–Kier alpha value is -2.51. The summed E-state index contributed by atoms with van der Waals surface area (Å²) < 4.78 is 0. The molecule has 1 aromatic rings. The zero-order valence-electron chi connectivity index (χ0n) is 15.0. The van der Waals surface area contributed by atoms with E-state index in [2.05, 4.69) is 5.32 Å². The molecule has 0 heterocycles. The first kappa shape index (κ1) is 19.5. The van der Waals surface area contributed by atoms with Crippen LogP contribution in [0.3, 0.4) is 0 Å². The number of nitrogens with one attached hydrogen (secondary N) is 1. The van der Waals surface area contributed by atoms with Crippen molar-refractivity contribution in [3.63, 3.8) is 0 Å². The third-order valence-corrected chi connectivity index (χ3v) is 3.52. The molecule has 8 heteroatoms. The Bertz CT molecular complexity index is 712. The SMILES string of the molecule is CC(=O)Nc1c(C(C)(C)C)cc([N+](=O)[O-])c(C(C)(C)C)c1[N+](=O)[O-]. The maximum atomic E-state index is 11.8. The molecule has 0 spiro atoms. The molecule has 0 atom stereocenters. The molecule has 8 nitrogen and oxygen atoms in total. The van der Waals surface area contributed by atoms with E-state index in [1.807, 2.05) is 0 Å². The van der Waals surface area contributed by atoms with Crippen molar-refractivity contribution in [3.05, 3.63) is 37.4 Å². The highest BCUT2D eigenvalue weighted by Gasteiger charge is 2.40. The summed E-state index contributed by atoms with van der Waals surface area (Å²) in [5.74, 6) is -0.475. The fourth-order valence-corrected chi connectivity index (χ4v) is 2.61. The number of amides is 1. The van der Waals surface area contributed by atoms with E-state index < -0.39 is 32.3 Å². The molecule has 0 aromatic heterocycles. The lowest BCUT2D eigenvalue weighted by atomic mass is 9.78. The lowest BCUT2D eigenvalue weighted by Gasteiger charge is -2.26. The first-order valence-electron chi connectivity index (χ1n) is 7.46. The van der Waals surface area contributed by atoms with E-state index in [4.69, 9.17) is 0 Å². The number of nitro groups is 2. The van der Waals surface area contributed by atoms with Crippen molar-refractivity contribution in [1.82, 2.24) is 0 Å². The van der Waals surface area contributed by atoms with E-state index in [0.717, 1.165) is 0 Å². The van der Waals surface area contributed by atoms with E-state index in [-0.39, 0.29) is 16.9 Å². The van der Waals surface area contributed by atoms with Crippen LogP contribution in [0, 0.1) is 20.2 Å². The van der Waals surface area contributed by atoms with Crippen molar-refractivity contribution < 1.29 is 14.6 Å². The van der Waals surface area contributed by atoms with E-state index in [1.54, 1.807) is 41.5 Å². The number of hydrogen-bond acceptors (Lipinski definition) is 5. The first-order valence-corrected chi connectivity index (χ1v) is 7.46. The zero-order valence-corrected chi connectivity index (χ0v) is 15.0. The average molecular weight is 337 g/mol. The number of anilines is 1. The second-order valence-corrected chi connectivity index (χ2v) is 7.74. The molecule has 24 heavy (non-hydrogen) atoms. The third kappa shape index (κ3) is 3.87. The summed E-state index contributed by atoms with van der Waals surface area (Å²) in [7, 11) is 0. The van der Waals surface area contributed by atoms with Gasteiger partial charge < -0.3 is 5.32 Å². The highest BCUT2D eigenvalue weighted by Crippen LogP contribution is 2.47. The van der Waals surface area contributed by atoms with Crippen molar-refractivity contribution in [2.24, 2.45) is 0 Å². The van der Waals surface area contributed by atoms with Crippen LogP contribution >= 0.6 is 0 Å². The zero-order chi connectivity index (χ0) is 19.0. The second-order valence-electron chi connectivity index (χ2n) is 7.74. The molecule has 0 saturated carbocycles. The van der Waals surface area contributed by atoms with Crippen LogP contribution in [0.15, 0.2) is 6.07 Å². The van der Waals surface area contributed by atoms with Gasteiger partial charge in [-0.3, -0.25) is 25.0 Å². The van der Waals surface area contributed by atoms with Gasteiger partial charge in [0.25, 0.3) is 5.69 Å². The summed E-state index contributed by atoms with van der Waals surface area (Å²) in [6.45, 7) is 11.6. The van der Waals surface area contributed by atoms with E-state index >= 15 is 0 Å². The molecule has 1 N–H and O–H groups in total. The monoisotopic (exact) mass is 337 g/mol. The van der Waals surface area contributed by atoms with Gasteiger partial charge in [-0.05, 0) is 11.0 Å². The third-order valence-electron chi connectivity index (χ3n) is 3.52. The summed E-state index contributed by atoms with van der Waals surface area (Å²) in [5, 5.41) is 25.8. The quantitative estimate of drug-likeness (QED) is 0.659. The van der Waals surface area contributed by atoms with Gasteiger partial charge in [-0.25, -0.2) is 0 Å². The molecular formula is C16H23N3O5. The van der Waals surface area contributed by atoms with Crippen LogP contribution in [0.4, 0.5) is 17.1 Å². The normalized spacial score (nSPS) is 12.0. The van der Waals surface area contributed by atoms with Gasteiger partial charge in [0.1, 0.15) is 11.3 Å². The van der Waals surface area contributed by atoms with Crippen molar-refractivity contribution >= 4 is 23.0 Å². The topological polar surface area (TPSA) is 115 Å². The Kier molecular flexibility index (Phi) is 5.03. The summed E-state index contributed by atoms with van der Waals surface area (Å²) >= 11 is 0. The van der Waals surface area contributed by atoms with Gasteiger partial charge in [-0.15, -0.1) is 0 Å². The van der Waals surface area contributed by atoms with Gasteiger partial charge in [0, 0.05) is 18.4 Å². The minimum atomic E-state index is -0.853. The standard InChI is InChI=1S/C16H23N3O5/c1-9(20)17-13-10(15(2,3)4)8-11(18(21)22)12(16(5,6)7)14(13)19(23)24/h8H,1-7H3,(H,17,20). The Balaban J connectivity index is 4.14. The summed E-state index contributed by atoms with van der Waals surface area (Å²) in [6, 6.07) is 1.33. The highest BCUT2D eigenvalue weighted by atomic mass is 16.6. The number of carbonyl (C=O) groups excluding carboxylic acids is 1. The molecule has 0 unspecified atom stereocenters. The van der Waals surface area contributed by atoms with Gasteiger partial charge in [0.15, 0.2) is 0 Å². The van der Waals surface area contributed by atoms with Crippen LogP contribution in [-0.2, 0) is 15.6 Å². The number of carbonyl (C=O) groups is 1. The van der Waals surface area contributed by atoms with Crippen LogP contribution in [-0.4, -0.2) is 15.8 Å². The van der Waals surface area contributed by atoms with Crippen molar-refractivity contribution in [3.8, 4) is 0 Å². The molecule has 0 aliphatic rings. The van der Waals surface area contributed by atoms with Gasteiger partial charge in [0.05, 0.1) is 9.85 Å². The van der Waals surface area contributed by atoms with Crippen LogP contribution < -0.4 is 5.32 Å². The smallest absolute Gasteiger partial charge is 0.303 e. The molecule has 1 amide bonds. The molecule has 1 rings (SSSR count). The molecule has 0 aliphatic carbocycles. The highest BCUT2D eigenvalue weighted by molar-refractivity contribution is 5.94. The predicted octanol–water partition coefficient (Wildman–Crippen LogP) is 4.06. The molecule has 0 aliphatic heterocycles. The number of nitrogens with zero attached hydrogens (tertiary/aromatic N) is 2. The maximum Gasteiger partial charge on any atom is 0.303 e. The number of rotatable bonds is 3. The molecule has 0 fully saturated rings. The fraction of sp³-hybridized carbons (Fsp3) is 0.562. The Morgan fingerprint density at radius 3 is 1.79 bits per heavy atom. The minimum Gasteiger partial charge on any atom is -0.320 e. The van der Waals surface area contributed by atoms with E-state index in [9.17, 15) is 25.0 Å². The number of benzene rings is 1. The molecular weight excluding hydrogens is 314 g/mol. The largest absolute Gasteiger partial charge is 0.320 e. The van der Waals surface area contributed by atoms with E-state index in [0.29, 0.717) is 5.56 Å². The van der Waals surface area contributed by atoms with Gasteiger partial charge in [0.2, 0.25) is 5.91 Å². The summed E-state index contributed by atoms with van der Waals surface area (Å²) in [4.78, 5) is 33.6. The van der Waals surface area contributed by atoms with Gasteiger partial charge in [-0.2, -0.15) is 0 Å². The summed E-state index contributed by atoms with van der Waals surface area (Å²) in [5.41, 5.74) is -1.85. The second kappa shape index (κ2) is 6.18. The minimum absolute atomic E-state index is 0.00532.